The summed E-state index contributed by atoms with van der Waals surface area (Å²) in [5.74, 6) is -1.16. The van der Waals surface area contributed by atoms with Gasteiger partial charge in [0.2, 0.25) is 0 Å². The van der Waals surface area contributed by atoms with Crippen molar-refractivity contribution in [1.29, 1.82) is 0 Å². The number of carboxylic acid groups (broad SMARTS) is 1. The Balaban J connectivity index is 2.33. The Morgan fingerprint density at radius 1 is 1.12 bits per heavy atom. The molecule has 0 bridgehead atoms. The van der Waals surface area contributed by atoms with Gasteiger partial charge in [0.1, 0.15) is 0 Å². The minimum absolute atomic E-state index is 0.0742. The monoisotopic (exact) mass is 410 g/mol. The number of carboxylic acids is 1. The van der Waals surface area contributed by atoms with Gasteiger partial charge in [-0.3, -0.25) is 0 Å². The molecule has 1 aromatic heterocycles. The first-order chi connectivity index (χ1) is 12.4. The highest BCUT2D eigenvalue weighted by atomic mass is 35.5. The summed E-state index contributed by atoms with van der Waals surface area (Å²) in [5.41, 5.74) is 2.12. The van der Waals surface area contributed by atoms with Gasteiger partial charge in [0.05, 0.1) is 23.0 Å². The second-order valence-electron chi connectivity index (χ2n) is 5.43. The Kier molecular flexibility index (Phi) is 5.53. The Bertz CT molecular complexity index is 969. The van der Waals surface area contributed by atoms with Crippen molar-refractivity contribution in [2.75, 3.05) is 7.11 Å². The van der Waals surface area contributed by atoms with Gasteiger partial charge in [-0.25, -0.2) is 9.48 Å². The van der Waals surface area contributed by atoms with Gasteiger partial charge in [-0.15, -0.1) is 0 Å². The number of nitrogens with zero attached hydrogens (tertiary/aromatic N) is 2. The molecule has 134 valence electrons. The second kappa shape index (κ2) is 7.68. The van der Waals surface area contributed by atoms with Crippen LogP contribution in [0.15, 0.2) is 42.5 Å². The number of benzene rings is 2. The molecule has 1 N–H and O–H groups in total. The zero-order valence-electron chi connectivity index (χ0n) is 13.5. The summed E-state index contributed by atoms with van der Waals surface area (Å²) in [6.45, 7) is 0.0742. The molecule has 0 radical (unpaired) electrons. The fourth-order valence-electron chi connectivity index (χ4n) is 2.63. The van der Waals surface area contributed by atoms with Crippen LogP contribution in [0.5, 0.6) is 0 Å². The van der Waals surface area contributed by atoms with E-state index < -0.39 is 5.97 Å². The highest BCUT2D eigenvalue weighted by Crippen LogP contribution is 2.34. The molecule has 8 heteroatoms. The number of methoxy groups -OCH3 is 1. The average Bonchev–Trinajstić information content (AvgIpc) is 2.95. The Hall–Kier alpha value is -2.05. The highest BCUT2D eigenvalue weighted by molar-refractivity contribution is 6.35. The van der Waals surface area contributed by atoms with E-state index in [-0.39, 0.29) is 12.3 Å². The molecule has 0 aliphatic rings. The van der Waals surface area contributed by atoms with Crippen LogP contribution >= 0.6 is 34.8 Å². The normalized spacial score (nSPS) is 10.9. The molecular formula is C18H13Cl3N2O3. The summed E-state index contributed by atoms with van der Waals surface area (Å²) in [6, 6.07) is 11.9. The van der Waals surface area contributed by atoms with Crippen molar-refractivity contribution in [3.8, 4) is 16.9 Å². The fraction of sp³-hybridized carbons (Fsp3) is 0.111. The first-order valence-corrected chi connectivity index (χ1v) is 8.61. The number of rotatable bonds is 5. The Labute approximate surface area is 164 Å². The summed E-state index contributed by atoms with van der Waals surface area (Å²) in [4.78, 5) is 11.7. The maximum atomic E-state index is 11.7. The molecule has 1 heterocycles. The third-order valence-electron chi connectivity index (χ3n) is 3.73. The predicted molar refractivity (Wildman–Crippen MR) is 102 cm³/mol. The SMILES string of the molecule is COCc1c(C(=O)O)nn(-c2ccc(Cl)cc2Cl)c1-c1ccc(Cl)cc1. The quantitative estimate of drug-likeness (QED) is 0.615. The molecule has 0 aliphatic heterocycles. The molecule has 3 aromatic rings. The standard InChI is InChI=1S/C18H13Cl3N2O3/c1-26-9-13-16(18(24)25)22-23(15-7-6-12(20)8-14(15)21)17(13)10-2-4-11(19)5-3-10/h2-8H,9H2,1H3,(H,24,25). The highest BCUT2D eigenvalue weighted by Gasteiger charge is 2.25. The van der Waals surface area contributed by atoms with E-state index in [9.17, 15) is 9.90 Å². The van der Waals surface area contributed by atoms with Gasteiger partial charge in [0.15, 0.2) is 5.69 Å². The lowest BCUT2D eigenvalue weighted by molar-refractivity contribution is 0.0685. The first kappa shape index (κ1) is 18.7. The molecule has 0 unspecified atom stereocenters. The van der Waals surface area contributed by atoms with Crippen LogP contribution in [0, 0.1) is 0 Å². The summed E-state index contributed by atoms with van der Waals surface area (Å²) in [6.07, 6.45) is 0. The van der Waals surface area contributed by atoms with E-state index in [4.69, 9.17) is 39.5 Å². The third kappa shape index (κ3) is 3.57. The van der Waals surface area contributed by atoms with Crippen LogP contribution in [0.3, 0.4) is 0 Å². The van der Waals surface area contributed by atoms with E-state index in [0.717, 1.165) is 5.56 Å². The number of ether oxygens (including phenoxy) is 1. The van der Waals surface area contributed by atoms with Crippen molar-refractivity contribution < 1.29 is 14.6 Å². The minimum Gasteiger partial charge on any atom is -0.476 e. The molecule has 5 nitrogen and oxygen atoms in total. The number of aromatic nitrogens is 2. The predicted octanol–water partition coefficient (Wildman–Crippen LogP) is 5.34. The topological polar surface area (TPSA) is 64.3 Å². The Morgan fingerprint density at radius 3 is 2.35 bits per heavy atom. The largest absolute Gasteiger partial charge is 0.476 e. The van der Waals surface area contributed by atoms with Crippen LogP contribution in [-0.2, 0) is 11.3 Å². The van der Waals surface area contributed by atoms with E-state index in [1.54, 1.807) is 42.5 Å². The third-order valence-corrected chi connectivity index (χ3v) is 4.52. The molecule has 0 amide bonds. The summed E-state index contributed by atoms with van der Waals surface area (Å²) < 4.78 is 6.69. The van der Waals surface area contributed by atoms with Gasteiger partial charge in [-0.1, -0.05) is 46.9 Å². The van der Waals surface area contributed by atoms with Crippen LogP contribution in [0.2, 0.25) is 15.1 Å². The molecule has 0 saturated heterocycles. The van der Waals surface area contributed by atoms with Crippen molar-refractivity contribution >= 4 is 40.8 Å². The molecule has 0 atom stereocenters. The van der Waals surface area contributed by atoms with E-state index in [2.05, 4.69) is 5.10 Å². The van der Waals surface area contributed by atoms with Crippen LogP contribution in [0.1, 0.15) is 16.1 Å². The zero-order valence-corrected chi connectivity index (χ0v) is 15.8. The first-order valence-electron chi connectivity index (χ1n) is 7.48. The molecule has 0 fully saturated rings. The van der Waals surface area contributed by atoms with Gasteiger partial charge < -0.3 is 9.84 Å². The van der Waals surface area contributed by atoms with Crippen molar-refractivity contribution in [2.45, 2.75) is 6.61 Å². The number of halogens is 3. The number of hydrogen-bond donors (Lipinski definition) is 1. The van der Waals surface area contributed by atoms with E-state index in [1.165, 1.54) is 11.8 Å². The molecule has 0 spiro atoms. The fourth-order valence-corrected chi connectivity index (χ4v) is 3.25. The zero-order chi connectivity index (χ0) is 18.8. The molecule has 2 aromatic carbocycles. The van der Waals surface area contributed by atoms with Crippen LogP contribution in [0.4, 0.5) is 0 Å². The smallest absolute Gasteiger partial charge is 0.356 e. The maximum Gasteiger partial charge on any atom is 0.356 e. The summed E-state index contributed by atoms with van der Waals surface area (Å²) >= 11 is 18.3. The molecule has 26 heavy (non-hydrogen) atoms. The van der Waals surface area contributed by atoms with Gasteiger partial charge in [-0.05, 0) is 30.3 Å². The maximum absolute atomic E-state index is 11.7. The van der Waals surface area contributed by atoms with E-state index in [0.29, 0.717) is 32.0 Å². The summed E-state index contributed by atoms with van der Waals surface area (Å²) in [5, 5.41) is 15.2. The van der Waals surface area contributed by atoms with E-state index >= 15 is 0 Å². The van der Waals surface area contributed by atoms with Crippen LogP contribution in [0.25, 0.3) is 16.9 Å². The number of carbonyl (C=O) groups is 1. The molecular weight excluding hydrogens is 399 g/mol. The summed E-state index contributed by atoms with van der Waals surface area (Å²) in [7, 11) is 1.49. The number of aromatic carboxylic acids is 1. The van der Waals surface area contributed by atoms with Crippen molar-refractivity contribution in [3.63, 3.8) is 0 Å². The second-order valence-corrected chi connectivity index (χ2v) is 6.71. The molecule has 0 aliphatic carbocycles. The lowest BCUT2D eigenvalue weighted by Crippen LogP contribution is -2.03. The Morgan fingerprint density at radius 2 is 1.77 bits per heavy atom. The average molecular weight is 412 g/mol. The van der Waals surface area contributed by atoms with Crippen LogP contribution in [-0.4, -0.2) is 28.0 Å². The molecule has 0 saturated carbocycles. The van der Waals surface area contributed by atoms with Gasteiger partial charge in [-0.2, -0.15) is 5.10 Å². The van der Waals surface area contributed by atoms with Crippen molar-refractivity contribution in [1.82, 2.24) is 9.78 Å². The van der Waals surface area contributed by atoms with Gasteiger partial charge in [0, 0.05) is 28.3 Å². The van der Waals surface area contributed by atoms with Crippen molar-refractivity contribution in [3.05, 3.63) is 68.8 Å². The van der Waals surface area contributed by atoms with Crippen LogP contribution < -0.4 is 0 Å². The molecule has 3 rings (SSSR count). The van der Waals surface area contributed by atoms with Gasteiger partial charge >= 0.3 is 5.97 Å². The van der Waals surface area contributed by atoms with Crippen molar-refractivity contribution in [2.24, 2.45) is 0 Å². The van der Waals surface area contributed by atoms with Gasteiger partial charge in [0.25, 0.3) is 0 Å². The van der Waals surface area contributed by atoms with E-state index in [1.807, 2.05) is 0 Å². The lowest BCUT2D eigenvalue weighted by atomic mass is 10.1. The number of hydrogen-bond acceptors (Lipinski definition) is 3. The lowest BCUT2D eigenvalue weighted by Gasteiger charge is -2.11. The minimum atomic E-state index is -1.16.